The zero-order chi connectivity index (χ0) is 16.2. The molecule has 2 atom stereocenters. The molecule has 120 valence electrons. The predicted molar refractivity (Wildman–Crippen MR) is 90.9 cm³/mol. The molecule has 2 rings (SSSR count). The highest BCUT2D eigenvalue weighted by molar-refractivity contribution is 7.81. The van der Waals surface area contributed by atoms with Gasteiger partial charge in [-0.05, 0) is 45.1 Å². The van der Waals surface area contributed by atoms with Gasteiger partial charge in [-0.1, -0.05) is 30.3 Å². The van der Waals surface area contributed by atoms with Crippen LogP contribution in [0.3, 0.4) is 0 Å². The molecule has 0 bridgehead atoms. The molecule has 1 aromatic carbocycles. The maximum absolute atomic E-state index is 12.3. The van der Waals surface area contributed by atoms with Crippen LogP contribution in [0, 0.1) is 0 Å². The van der Waals surface area contributed by atoms with E-state index in [9.17, 15) is 9.59 Å². The van der Waals surface area contributed by atoms with E-state index in [0.717, 1.165) is 18.4 Å². The van der Waals surface area contributed by atoms with Crippen LogP contribution in [0.25, 0.3) is 0 Å². The standard InChI is InChI=1S/C17H24N2O2S/c1-17(2)10-6-9-13(15(20)19-17)18-16(21)14(22)11-12-7-4-3-5-8-12/h3-5,7-8,13-14,22H,6,9-11H2,1-2H3,(H,18,21)(H,19,20)/t13-,14+/m0/s1. The summed E-state index contributed by atoms with van der Waals surface area (Å²) < 4.78 is 0. The van der Waals surface area contributed by atoms with E-state index in [1.807, 2.05) is 44.2 Å². The zero-order valence-electron chi connectivity index (χ0n) is 13.1. The molecule has 1 saturated heterocycles. The van der Waals surface area contributed by atoms with Gasteiger partial charge in [0.1, 0.15) is 6.04 Å². The summed E-state index contributed by atoms with van der Waals surface area (Å²) in [6.45, 7) is 4.01. The van der Waals surface area contributed by atoms with Crippen molar-refractivity contribution in [3.05, 3.63) is 35.9 Å². The molecular weight excluding hydrogens is 296 g/mol. The number of benzene rings is 1. The summed E-state index contributed by atoms with van der Waals surface area (Å²) in [6, 6.07) is 9.30. The number of rotatable bonds is 4. The Kier molecular flexibility index (Phi) is 5.51. The summed E-state index contributed by atoms with van der Waals surface area (Å²) in [5, 5.41) is 5.37. The van der Waals surface area contributed by atoms with Gasteiger partial charge in [-0.3, -0.25) is 9.59 Å². The van der Waals surface area contributed by atoms with Crippen molar-refractivity contribution in [2.24, 2.45) is 0 Å². The van der Waals surface area contributed by atoms with Gasteiger partial charge in [0.15, 0.2) is 0 Å². The number of hydrogen-bond acceptors (Lipinski definition) is 3. The molecule has 1 aromatic rings. The minimum atomic E-state index is -0.459. The van der Waals surface area contributed by atoms with Gasteiger partial charge in [-0.25, -0.2) is 0 Å². The van der Waals surface area contributed by atoms with E-state index in [4.69, 9.17) is 0 Å². The van der Waals surface area contributed by atoms with Crippen molar-refractivity contribution >= 4 is 24.4 Å². The third kappa shape index (κ3) is 4.77. The molecule has 1 fully saturated rings. The molecule has 2 amide bonds. The molecule has 0 radical (unpaired) electrons. The number of carbonyl (C=O) groups is 2. The van der Waals surface area contributed by atoms with Gasteiger partial charge in [0.25, 0.3) is 0 Å². The quantitative estimate of drug-likeness (QED) is 0.744. The molecule has 0 unspecified atom stereocenters. The van der Waals surface area contributed by atoms with Gasteiger partial charge in [0, 0.05) is 5.54 Å². The van der Waals surface area contributed by atoms with Crippen LogP contribution in [0.15, 0.2) is 30.3 Å². The Labute approximate surface area is 137 Å². The first-order chi connectivity index (χ1) is 10.4. The lowest BCUT2D eigenvalue weighted by Crippen LogP contribution is -2.52. The molecular formula is C17H24N2O2S. The van der Waals surface area contributed by atoms with Gasteiger partial charge in [0.2, 0.25) is 11.8 Å². The van der Waals surface area contributed by atoms with Crippen molar-refractivity contribution in [2.75, 3.05) is 0 Å². The van der Waals surface area contributed by atoms with Crippen LogP contribution in [0.1, 0.15) is 38.7 Å². The van der Waals surface area contributed by atoms with Crippen LogP contribution in [0.4, 0.5) is 0 Å². The highest BCUT2D eigenvalue weighted by Crippen LogP contribution is 2.19. The van der Waals surface area contributed by atoms with Crippen molar-refractivity contribution < 1.29 is 9.59 Å². The molecule has 2 N–H and O–H groups in total. The van der Waals surface area contributed by atoms with Crippen molar-refractivity contribution in [2.45, 2.75) is 56.4 Å². The Morgan fingerprint density at radius 3 is 2.77 bits per heavy atom. The third-order valence-electron chi connectivity index (χ3n) is 3.96. The highest BCUT2D eigenvalue weighted by Gasteiger charge is 2.31. The molecule has 1 aliphatic heterocycles. The molecule has 0 aliphatic carbocycles. The van der Waals surface area contributed by atoms with Crippen molar-refractivity contribution in [1.29, 1.82) is 0 Å². The van der Waals surface area contributed by atoms with Gasteiger partial charge in [0.05, 0.1) is 5.25 Å². The summed E-state index contributed by atoms with van der Waals surface area (Å²) in [5.41, 5.74) is 0.852. The number of carbonyl (C=O) groups excluding carboxylic acids is 2. The van der Waals surface area contributed by atoms with Gasteiger partial charge < -0.3 is 10.6 Å². The number of amides is 2. The Balaban J connectivity index is 1.92. The zero-order valence-corrected chi connectivity index (χ0v) is 14.0. The van der Waals surface area contributed by atoms with Crippen molar-refractivity contribution in [1.82, 2.24) is 10.6 Å². The second-order valence-corrected chi connectivity index (χ2v) is 7.16. The minimum absolute atomic E-state index is 0.101. The van der Waals surface area contributed by atoms with E-state index in [1.54, 1.807) is 0 Å². The maximum atomic E-state index is 12.3. The van der Waals surface area contributed by atoms with Crippen molar-refractivity contribution in [3.8, 4) is 0 Å². The van der Waals surface area contributed by atoms with Crippen LogP contribution in [0.2, 0.25) is 0 Å². The summed E-state index contributed by atoms with van der Waals surface area (Å²) in [5.74, 6) is -0.289. The van der Waals surface area contributed by atoms with E-state index in [1.165, 1.54) is 0 Å². The van der Waals surface area contributed by atoms with Crippen LogP contribution in [-0.4, -0.2) is 28.6 Å². The Morgan fingerprint density at radius 1 is 1.41 bits per heavy atom. The number of hydrogen-bond donors (Lipinski definition) is 3. The molecule has 5 heteroatoms. The summed E-state index contributed by atoms with van der Waals surface area (Å²) >= 11 is 4.38. The number of thiol groups is 1. The lowest BCUT2D eigenvalue weighted by molar-refractivity contribution is -0.129. The molecule has 1 aliphatic rings. The molecule has 4 nitrogen and oxygen atoms in total. The topological polar surface area (TPSA) is 58.2 Å². The van der Waals surface area contributed by atoms with E-state index >= 15 is 0 Å². The lowest BCUT2D eigenvalue weighted by atomic mass is 9.99. The summed E-state index contributed by atoms with van der Waals surface area (Å²) in [6.07, 6.45) is 3.05. The van der Waals surface area contributed by atoms with Gasteiger partial charge >= 0.3 is 0 Å². The Bertz CT molecular complexity index is 531. The monoisotopic (exact) mass is 320 g/mol. The largest absolute Gasteiger partial charge is 0.349 e. The van der Waals surface area contributed by atoms with Crippen LogP contribution in [-0.2, 0) is 16.0 Å². The average Bonchev–Trinajstić information content (AvgIpc) is 2.58. The van der Waals surface area contributed by atoms with E-state index in [-0.39, 0.29) is 17.4 Å². The molecule has 1 heterocycles. The molecule has 0 spiro atoms. The van der Waals surface area contributed by atoms with Crippen molar-refractivity contribution in [3.63, 3.8) is 0 Å². The molecule has 0 saturated carbocycles. The van der Waals surface area contributed by atoms with Crippen LogP contribution >= 0.6 is 12.6 Å². The summed E-state index contributed by atoms with van der Waals surface area (Å²) in [4.78, 5) is 24.5. The Morgan fingerprint density at radius 2 is 2.09 bits per heavy atom. The van der Waals surface area contributed by atoms with Crippen LogP contribution in [0.5, 0.6) is 0 Å². The summed E-state index contributed by atoms with van der Waals surface area (Å²) in [7, 11) is 0. The third-order valence-corrected chi connectivity index (χ3v) is 4.38. The minimum Gasteiger partial charge on any atom is -0.349 e. The second kappa shape index (κ2) is 7.18. The smallest absolute Gasteiger partial charge is 0.242 e. The van der Waals surface area contributed by atoms with Gasteiger partial charge in [-0.15, -0.1) is 0 Å². The fraction of sp³-hybridized carbons (Fsp3) is 0.529. The lowest BCUT2D eigenvalue weighted by Gasteiger charge is -2.24. The first kappa shape index (κ1) is 16.9. The first-order valence-corrected chi connectivity index (χ1v) is 8.23. The predicted octanol–water partition coefficient (Wildman–Crippen LogP) is 2.09. The molecule has 22 heavy (non-hydrogen) atoms. The number of nitrogens with one attached hydrogen (secondary N) is 2. The van der Waals surface area contributed by atoms with Gasteiger partial charge in [-0.2, -0.15) is 12.6 Å². The van der Waals surface area contributed by atoms with E-state index < -0.39 is 11.3 Å². The van der Waals surface area contributed by atoms with E-state index in [2.05, 4.69) is 23.3 Å². The SMILES string of the molecule is CC1(C)CCC[C@H](NC(=O)[C@H](S)Cc2ccccc2)C(=O)N1. The fourth-order valence-corrected chi connectivity index (χ4v) is 2.98. The normalized spacial score (nSPS) is 22.3. The maximum Gasteiger partial charge on any atom is 0.242 e. The Hall–Kier alpha value is -1.49. The van der Waals surface area contributed by atoms with Crippen LogP contribution < -0.4 is 10.6 Å². The van der Waals surface area contributed by atoms with E-state index in [0.29, 0.717) is 12.8 Å². The highest BCUT2D eigenvalue weighted by atomic mass is 32.1. The average molecular weight is 320 g/mol. The fourth-order valence-electron chi connectivity index (χ4n) is 2.70. The second-order valence-electron chi connectivity index (χ2n) is 6.53. The first-order valence-electron chi connectivity index (χ1n) is 7.72. The molecule has 0 aromatic heterocycles.